The third kappa shape index (κ3) is 4.65. The summed E-state index contributed by atoms with van der Waals surface area (Å²) in [4.78, 5) is 2.13. The van der Waals surface area contributed by atoms with E-state index in [2.05, 4.69) is 26.9 Å². The lowest BCUT2D eigenvalue weighted by molar-refractivity contribution is 0.181. The van der Waals surface area contributed by atoms with E-state index in [-0.39, 0.29) is 14.9 Å². The zero-order chi connectivity index (χ0) is 19.6. The summed E-state index contributed by atoms with van der Waals surface area (Å²) in [6, 6.07) is 12.6. The van der Waals surface area contributed by atoms with Crippen molar-refractivity contribution in [2.75, 3.05) is 26.2 Å². The predicted molar refractivity (Wildman–Crippen MR) is 109 cm³/mol. The Hall–Kier alpha value is -1.14. The molecule has 0 saturated carbocycles. The molecular formula is C18H16BrCl2N3O2S. The summed E-state index contributed by atoms with van der Waals surface area (Å²) in [5, 5.41) is 9.07. The third-order valence-corrected chi connectivity index (χ3v) is 7.66. The van der Waals surface area contributed by atoms with Gasteiger partial charge in [0.05, 0.1) is 21.7 Å². The first kappa shape index (κ1) is 20.6. The molecule has 1 aliphatic rings. The van der Waals surface area contributed by atoms with E-state index in [1.807, 2.05) is 12.1 Å². The molecule has 3 rings (SSSR count). The highest BCUT2D eigenvalue weighted by Gasteiger charge is 2.32. The van der Waals surface area contributed by atoms with Crippen molar-refractivity contribution in [2.24, 2.45) is 0 Å². The van der Waals surface area contributed by atoms with Gasteiger partial charge in [0.25, 0.3) is 0 Å². The molecule has 1 fully saturated rings. The highest BCUT2D eigenvalue weighted by atomic mass is 79.9. The minimum absolute atomic E-state index is 0.0467. The van der Waals surface area contributed by atoms with E-state index in [4.69, 9.17) is 28.5 Å². The lowest BCUT2D eigenvalue weighted by atomic mass is 10.1. The first-order chi connectivity index (χ1) is 12.8. The molecule has 1 saturated heterocycles. The number of rotatable bonds is 4. The molecule has 0 radical (unpaired) electrons. The third-order valence-electron chi connectivity index (χ3n) is 4.38. The van der Waals surface area contributed by atoms with E-state index in [0.717, 1.165) is 5.56 Å². The fourth-order valence-electron chi connectivity index (χ4n) is 2.98. The lowest BCUT2D eigenvalue weighted by Gasteiger charge is -2.34. The van der Waals surface area contributed by atoms with Crippen LogP contribution in [0.15, 0.2) is 45.8 Å². The van der Waals surface area contributed by atoms with Crippen LogP contribution in [-0.2, 0) is 16.6 Å². The van der Waals surface area contributed by atoms with Gasteiger partial charge in [-0.3, -0.25) is 4.90 Å². The van der Waals surface area contributed by atoms with Crippen LogP contribution in [-0.4, -0.2) is 43.8 Å². The first-order valence-corrected chi connectivity index (χ1v) is 11.2. The van der Waals surface area contributed by atoms with Crippen molar-refractivity contribution in [1.82, 2.24) is 9.21 Å². The molecule has 0 aliphatic carbocycles. The van der Waals surface area contributed by atoms with Crippen molar-refractivity contribution >= 4 is 49.2 Å². The van der Waals surface area contributed by atoms with Gasteiger partial charge in [-0.15, -0.1) is 0 Å². The molecule has 0 bridgehead atoms. The summed E-state index contributed by atoms with van der Waals surface area (Å²) in [5.41, 5.74) is 1.71. The molecule has 27 heavy (non-hydrogen) atoms. The smallest absolute Gasteiger partial charge is 0.246 e. The number of piperazine rings is 1. The van der Waals surface area contributed by atoms with Crippen molar-refractivity contribution < 1.29 is 8.42 Å². The van der Waals surface area contributed by atoms with Gasteiger partial charge >= 0.3 is 0 Å². The zero-order valence-corrected chi connectivity index (χ0v) is 18.1. The zero-order valence-electron chi connectivity index (χ0n) is 14.2. The summed E-state index contributed by atoms with van der Waals surface area (Å²) in [7, 11) is -3.76. The summed E-state index contributed by atoms with van der Waals surface area (Å²) >= 11 is 15.5. The monoisotopic (exact) mass is 487 g/mol. The largest absolute Gasteiger partial charge is 0.296 e. The quantitative estimate of drug-likeness (QED) is 0.648. The molecule has 2 aromatic carbocycles. The van der Waals surface area contributed by atoms with E-state index in [1.165, 1.54) is 16.4 Å². The number of sulfonamides is 1. The van der Waals surface area contributed by atoms with Crippen LogP contribution in [0.5, 0.6) is 0 Å². The van der Waals surface area contributed by atoms with Crippen LogP contribution in [0.3, 0.4) is 0 Å². The molecule has 5 nitrogen and oxygen atoms in total. The number of halogens is 3. The molecule has 2 aromatic rings. The average Bonchev–Trinajstić information content (AvgIpc) is 2.61. The Kier molecular flexibility index (Phi) is 6.46. The van der Waals surface area contributed by atoms with Crippen LogP contribution in [0.1, 0.15) is 11.1 Å². The van der Waals surface area contributed by atoms with Gasteiger partial charge in [0, 0.05) is 37.2 Å². The van der Waals surface area contributed by atoms with E-state index >= 15 is 0 Å². The minimum Gasteiger partial charge on any atom is -0.296 e. The Balaban J connectivity index is 1.69. The Morgan fingerprint density at radius 3 is 2.11 bits per heavy atom. The average molecular weight is 489 g/mol. The molecule has 0 N–H and O–H groups in total. The van der Waals surface area contributed by atoms with Gasteiger partial charge in [-0.25, -0.2) is 8.42 Å². The second-order valence-corrected chi connectivity index (χ2v) is 9.79. The second-order valence-electron chi connectivity index (χ2n) is 6.19. The van der Waals surface area contributed by atoms with Crippen LogP contribution >= 0.6 is 39.1 Å². The number of nitriles is 1. The highest BCUT2D eigenvalue weighted by Crippen LogP contribution is 2.35. The molecule has 0 unspecified atom stereocenters. The summed E-state index contributed by atoms with van der Waals surface area (Å²) in [6.45, 7) is 2.64. The Labute approximate surface area is 177 Å². The predicted octanol–water partition coefficient (Wildman–Crippen LogP) is 4.13. The number of hydrogen-bond donors (Lipinski definition) is 0. The molecule has 142 valence electrons. The highest BCUT2D eigenvalue weighted by molar-refractivity contribution is 9.10. The van der Waals surface area contributed by atoms with Gasteiger partial charge in [-0.1, -0.05) is 51.3 Å². The summed E-state index contributed by atoms with van der Waals surface area (Å²) < 4.78 is 28.0. The van der Waals surface area contributed by atoms with Gasteiger partial charge in [-0.05, 0) is 29.8 Å². The van der Waals surface area contributed by atoms with Crippen LogP contribution in [0.4, 0.5) is 0 Å². The molecule has 0 atom stereocenters. The molecule has 0 spiro atoms. The maximum absolute atomic E-state index is 13.0. The molecule has 1 aliphatic heterocycles. The topological polar surface area (TPSA) is 64.4 Å². The Morgan fingerprint density at radius 2 is 1.59 bits per heavy atom. The van der Waals surface area contributed by atoms with Crippen LogP contribution in [0.25, 0.3) is 0 Å². The summed E-state index contributed by atoms with van der Waals surface area (Å²) in [6.07, 6.45) is 0. The van der Waals surface area contributed by atoms with Crippen molar-refractivity contribution in [3.05, 3.63) is 62.0 Å². The molecule has 9 heteroatoms. The normalized spacial score (nSPS) is 16.2. The number of nitrogens with zero attached hydrogens (tertiary/aromatic N) is 3. The van der Waals surface area contributed by atoms with Gasteiger partial charge < -0.3 is 0 Å². The molecule has 0 aromatic heterocycles. The summed E-state index contributed by atoms with van der Waals surface area (Å²) in [5.74, 6) is 0. The van der Waals surface area contributed by atoms with Crippen molar-refractivity contribution in [2.45, 2.75) is 11.4 Å². The lowest BCUT2D eigenvalue weighted by Crippen LogP contribution is -2.48. The second kappa shape index (κ2) is 8.48. The van der Waals surface area contributed by atoms with Gasteiger partial charge in [0.1, 0.15) is 4.90 Å². The standard InChI is InChI=1S/C18H16BrCl2N3O2S/c19-15-9-16(20)18(17(21)10-15)27(25,26)24-7-5-23(6-8-24)12-14-3-1-13(11-22)2-4-14/h1-4,9-10H,5-8,12H2. The first-order valence-electron chi connectivity index (χ1n) is 8.17. The Bertz CT molecular complexity index is 960. The van der Waals surface area contributed by atoms with Crippen LogP contribution in [0, 0.1) is 11.3 Å². The van der Waals surface area contributed by atoms with Crippen molar-refractivity contribution in [3.8, 4) is 6.07 Å². The van der Waals surface area contributed by atoms with Crippen molar-refractivity contribution in [3.63, 3.8) is 0 Å². The molecular weight excluding hydrogens is 473 g/mol. The van der Waals surface area contributed by atoms with Crippen LogP contribution in [0.2, 0.25) is 10.0 Å². The van der Waals surface area contributed by atoms with Crippen LogP contribution < -0.4 is 0 Å². The molecule has 0 amide bonds. The minimum atomic E-state index is -3.76. The number of hydrogen-bond acceptors (Lipinski definition) is 4. The van der Waals surface area contributed by atoms with E-state index < -0.39 is 10.0 Å². The number of benzene rings is 2. The van der Waals surface area contributed by atoms with Gasteiger partial charge in [0.2, 0.25) is 10.0 Å². The van der Waals surface area contributed by atoms with Crippen molar-refractivity contribution in [1.29, 1.82) is 5.26 Å². The van der Waals surface area contributed by atoms with E-state index in [0.29, 0.717) is 42.8 Å². The Morgan fingerprint density at radius 1 is 1.04 bits per heavy atom. The maximum atomic E-state index is 13.0. The van der Waals surface area contributed by atoms with E-state index in [9.17, 15) is 8.42 Å². The fraction of sp³-hybridized carbons (Fsp3) is 0.278. The molecule has 1 heterocycles. The van der Waals surface area contributed by atoms with E-state index in [1.54, 1.807) is 12.1 Å². The maximum Gasteiger partial charge on any atom is 0.246 e. The fourth-order valence-corrected chi connectivity index (χ4v) is 6.28. The van der Waals surface area contributed by atoms with Gasteiger partial charge in [-0.2, -0.15) is 9.57 Å². The van der Waals surface area contributed by atoms with Gasteiger partial charge in [0.15, 0.2) is 0 Å². The SMILES string of the molecule is N#Cc1ccc(CN2CCN(S(=O)(=O)c3c(Cl)cc(Br)cc3Cl)CC2)cc1.